The van der Waals surface area contributed by atoms with Crippen LogP contribution in [0.15, 0.2) is 77.2 Å². The zero-order valence-corrected chi connectivity index (χ0v) is 18.2. The van der Waals surface area contributed by atoms with E-state index in [0.717, 1.165) is 51.1 Å². The van der Waals surface area contributed by atoms with Crippen LogP contribution in [0.4, 0.5) is 5.69 Å². The van der Waals surface area contributed by atoms with Crippen LogP contribution in [0.25, 0.3) is 22.0 Å². The second kappa shape index (κ2) is 8.26. The first-order chi connectivity index (χ1) is 15.6. The van der Waals surface area contributed by atoms with Gasteiger partial charge in [0.05, 0.1) is 29.2 Å². The summed E-state index contributed by atoms with van der Waals surface area (Å²) in [5.41, 5.74) is 8.04. The van der Waals surface area contributed by atoms with Gasteiger partial charge in [-0.2, -0.15) is 10.2 Å². The van der Waals surface area contributed by atoms with Crippen LogP contribution < -0.4 is 11.2 Å². The maximum atomic E-state index is 5.63. The van der Waals surface area contributed by atoms with E-state index in [1.165, 1.54) is 5.56 Å². The number of fused-ring (bicyclic) bond motifs is 2. The summed E-state index contributed by atoms with van der Waals surface area (Å²) in [6.07, 6.45) is 6.58. The third-order valence-corrected chi connectivity index (χ3v) is 5.92. The first-order valence-corrected chi connectivity index (χ1v) is 10.7. The van der Waals surface area contributed by atoms with Crippen molar-refractivity contribution >= 4 is 28.0 Å². The Bertz CT molecular complexity index is 1340. The van der Waals surface area contributed by atoms with E-state index in [4.69, 9.17) is 10.8 Å². The predicted molar refractivity (Wildman–Crippen MR) is 130 cm³/mol. The van der Waals surface area contributed by atoms with E-state index >= 15 is 0 Å². The van der Waals surface area contributed by atoms with Crippen molar-refractivity contribution in [2.45, 2.75) is 19.4 Å². The second-order valence-electron chi connectivity index (χ2n) is 8.01. The molecule has 3 heterocycles. The Kier molecular flexibility index (Phi) is 5.15. The summed E-state index contributed by atoms with van der Waals surface area (Å²) in [6.45, 7) is 2.58. The molecule has 5 rings (SSSR count). The second-order valence-corrected chi connectivity index (χ2v) is 8.01. The SMILES string of the molecule is CC(=NN)C1=NCCC(Nc2cccc3ncccc23)c2cc(-c3cnn(C)c3)ccc21. The fourth-order valence-corrected chi connectivity index (χ4v) is 4.30. The lowest BCUT2D eigenvalue weighted by molar-refractivity contribution is 0.713. The molecule has 1 unspecified atom stereocenters. The van der Waals surface area contributed by atoms with Crippen LogP contribution in [-0.4, -0.2) is 32.7 Å². The van der Waals surface area contributed by atoms with Gasteiger partial charge in [-0.15, -0.1) is 0 Å². The van der Waals surface area contributed by atoms with Crippen LogP contribution in [0.1, 0.15) is 30.5 Å². The summed E-state index contributed by atoms with van der Waals surface area (Å²) in [4.78, 5) is 9.33. The fourth-order valence-electron chi connectivity index (χ4n) is 4.30. The van der Waals surface area contributed by atoms with E-state index in [1.54, 1.807) is 0 Å². The van der Waals surface area contributed by atoms with Gasteiger partial charge in [0.25, 0.3) is 0 Å². The number of hydrogen-bond acceptors (Lipinski definition) is 6. The number of nitrogens with zero attached hydrogens (tertiary/aromatic N) is 5. The number of nitrogens with two attached hydrogens (primary N) is 1. The minimum absolute atomic E-state index is 0.0688. The largest absolute Gasteiger partial charge is 0.378 e. The number of hydrazone groups is 1. The van der Waals surface area contributed by atoms with Crippen LogP contribution in [0.2, 0.25) is 0 Å². The Hall–Kier alpha value is -4.00. The Morgan fingerprint density at radius 1 is 1.16 bits per heavy atom. The standard InChI is InChI=1S/C25H25N7/c1-16(31-26)25-19-9-8-17(18-14-29-32(2)15-18)13-21(19)24(10-12-28-25)30-23-7-3-6-22-20(23)5-4-11-27-22/h3-9,11,13-15,24,30H,10,12,26H2,1-2H3. The van der Waals surface area contributed by atoms with Crippen molar-refractivity contribution in [3.05, 3.63) is 78.2 Å². The molecule has 0 saturated heterocycles. The molecule has 7 nitrogen and oxygen atoms in total. The molecular weight excluding hydrogens is 398 g/mol. The molecule has 0 fully saturated rings. The normalized spacial score (nSPS) is 16.4. The average molecular weight is 424 g/mol. The predicted octanol–water partition coefficient (Wildman–Crippen LogP) is 4.32. The number of pyridine rings is 1. The average Bonchev–Trinajstić information content (AvgIpc) is 3.18. The zero-order chi connectivity index (χ0) is 22.1. The van der Waals surface area contributed by atoms with Crippen LogP contribution in [0.3, 0.4) is 0 Å². The van der Waals surface area contributed by atoms with Crippen LogP contribution in [-0.2, 0) is 7.05 Å². The lowest BCUT2D eigenvalue weighted by Crippen LogP contribution is -2.18. The van der Waals surface area contributed by atoms with Crippen molar-refractivity contribution in [1.29, 1.82) is 0 Å². The molecule has 160 valence electrons. The maximum absolute atomic E-state index is 5.63. The van der Waals surface area contributed by atoms with Crippen molar-refractivity contribution in [1.82, 2.24) is 14.8 Å². The highest BCUT2D eigenvalue weighted by Crippen LogP contribution is 2.34. The molecule has 7 heteroatoms. The zero-order valence-electron chi connectivity index (χ0n) is 18.2. The van der Waals surface area contributed by atoms with E-state index in [-0.39, 0.29) is 6.04 Å². The number of benzene rings is 2. The van der Waals surface area contributed by atoms with Crippen molar-refractivity contribution < 1.29 is 0 Å². The van der Waals surface area contributed by atoms with Gasteiger partial charge in [-0.3, -0.25) is 14.7 Å². The summed E-state index contributed by atoms with van der Waals surface area (Å²) in [5, 5.41) is 13.1. The Labute approximate surface area is 186 Å². The highest BCUT2D eigenvalue weighted by atomic mass is 15.2. The number of aromatic nitrogens is 3. The molecule has 0 aliphatic carbocycles. The third kappa shape index (κ3) is 3.62. The highest BCUT2D eigenvalue weighted by molar-refractivity contribution is 6.48. The Morgan fingerprint density at radius 3 is 2.88 bits per heavy atom. The minimum Gasteiger partial charge on any atom is -0.378 e. The van der Waals surface area contributed by atoms with Gasteiger partial charge in [0, 0.05) is 48.2 Å². The smallest absolute Gasteiger partial charge is 0.0879 e. The van der Waals surface area contributed by atoms with Gasteiger partial charge in [0.2, 0.25) is 0 Å². The summed E-state index contributed by atoms with van der Waals surface area (Å²) in [5.74, 6) is 5.63. The van der Waals surface area contributed by atoms with E-state index in [9.17, 15) is 0 Å². The molecule has 0 spiro atoms. The molecular formula is C25H25N7. The molecule has 0 amide bonds. The Morgan fingerprint density at radius 2 is 2.06 bits per heavy atom. The molecule has 2 aromatic heterocycles. The monoisotopic (exact) mass is 423 g/mol. The molecule has 2 aromatic carbocycles. The van der Waals surface area contributed by atoms with E-state index < -0.39 is 0 Å². The quantitative estimate of drug-likeness (QED) is 0.290. The minimum atomic E-state index is 0.0688. The van der Waals surface area contributed by atoms with Gasteiger partial charge in [0.1, 0.15) is 0 Å². The summed E-state index contributed by atoms with van der Waals surface area (Å²) in [7, 11) is 1.93. The molecule has 0 bridgehead atoms. The van der Waals surface area contributed by atoms with Crippen LogP contribution in [0.5, 0.6) is 0 Å². The third-order valence-electron chi connectivity index (χ3n) is 5.92. The topological polar surface area (TPSA) is 93.5 Å². The number of nitrogens with one attached hydrogen (secondary N) is 1. The number of aliphatic imine (C=N–C) groups is 1. The number of anilines is 1. The molecule has 1 atom stereocenters. The van der Waals surface area contributed by atoms with Crippen molar-refractivity contribution in [3.8, 4) is 11.1 Å². The van der Waals surface area contributed by atoms with Gasteiger partial charge < -0.3 is 11.2 Å². The van der Waals surface area contributed by atoms with Crippen molar-refractivity contribution in [2.75, 3.05) is 11.9 Å². The van der Waals surface area contributed by atoms with E-state index in [0.29, 0.717) is 6.54 Å². The number of rotatable bonds is 4. The number of aryl methyl sites for hydroxylation is 1. The Balaban J connectivity index is 1.62. The van der Waals surface area contributed by atoms with E-state index in [1.807, 2.05) is 55.4 Å². The summed E-state index contributed by atoms with van der Waals surface area (Å²) >= 11 is 0. The molecule has 3 N–H and O–H groups in total. The maximum Gasteiger partial charge on any atom is 0.0879 e. The first-order valence-electron chi connectivity index (χ1n) is 10.7. The van der Waals surface area contributed by atoms with Gasteiger partial charge in [-0.25, -0.2) is 0 Å². The molecule has 0 radical (unpaired) electrons. The molecule has 32 heavy (non-hydrogen) atoms. The lowest BCUT2D eigenvalue weighted by Gasteiger charge is -2.22. The molecule has 1 aliphatic rings. The van der Waals surface area contributed by atoms with Gasteiger partial charge in [-0.05, 0) is 54.8 Å². The molecule has 0 saturated carbocycles. The van der Waals surface area contributed by atoms with Crippen molar-refractivity contribution in [3.63, 3.8) is 0 Å². The van der Waals surface area contributed by atoms with Gasteiger partial charge >= 0.3 is 0 Å². The fraction of sp³-hybridized carbons (Fsp3) is 0.200. The van der Waals surface area contributed by atoms with Crippen molar-refractivity contribution in [2.24, 2.45) is 23.0 Å². The summed E-state index contributed by atoms with van der Waals surface area (Å²) in [6, 6.07) is 16.8. The highest BCUT2D eigenvalue weighted by Gasteiger charge is 2.24. The van der Waals surface area contributed by atoms with Crippen LogP contribution in [0, 0.1) is 0 Å². The molecule has 4 aromatic rings. The van der Waals surface area contributed by atoms with Gasteiger partial charge in [0.15, 0.2) is 0 Å². The van der Waals surface area contributed by atoms with Gasteiger partial charge in [-0.1, -0.05) is 18.2 Å². The first kappa shape index (κ1) is 19.9. The van der Waals surface area contributed by atoms with E-state index in [2.05, 4.69) is 50.8 Å². The van der Waals surface area contributed by atoms with Crippen LogP contribution >= 0.6 is 0 Å². The lowest BCUT2D eigenvalue weighted by atomic mass is 9.91. The number of hydrogen-bond donors (Lipinski definition) is 2. The summed E-state index contributed by atoms with van der Waals surface area (Å²) < 4.78 is 1.82. The molecule has 1 aliphatic heterocycles.